The zero-order valence-electron chi connectivity index (χ0n) is 21.9. The fraction of sp³-hybridized carbons (Fsp3) is 0.241. The van der Waals surface area contributed by atoms with Gasteiger partial charge in [0.1, 0.15) is 18.7 Å². The molecule has 0 bridgehead atoms. The lowest BCUT2D eigenvalue weighted by atomic mass is 10.1. The second kappa shape index (κ2) is 19.9. The number of carbonyl (C=O) groups is 4. The van der Waals surface area contributed by atoms with E-state index in [2.05, 4.69) is 21.2 Å². The Morgan fingerprint density at radius 3 is 1.62 bits per heavy atom. The van der Waals surface area contributed by atoms with E-state index < -0.39 is 30.1 Å². The molecule has 2 atom stereocenters. The Morgan fingerprint density at radius 1 is 0.775 bits per heavy atom. The summed E-state index contributed by atoms with van der Waals surface area (Å²) in [4.78, 5) is 42.7. The third-order valence-electron chi connectivity index (χ3n) is 4.81. The second-order valence-electron chi connectivity index (χ2n) is 8.20. The van der Waals surface area contributed by atoms with Gasteiger partial charge in [-0.3, -0.25) is 9.59 Å². The van der Waals surface area contributed by atoms with Crippen molar-refractivity contribution in [1.82, 2.24) is 5.32 Å². The summed E-state index contributed by atoms with van der Waals surface area (Å²) in [6, 6.07) is 25.9. The molecule has 0 unspecified atom stereocenters. The number of amides is 1. The maximum absolute atomic E-state index is 11.7. The van der Waals surface area contributed by atoms with Gasteiger partial charge in [0, 0.05) is 13.3 Å². The summed E-state index contributed by atoms with van der Waals surface area (Å²) in [6.07, 6.45) is -0.538. The van der Waals surface area contributed by atoms with Crippen LogP contribution in [0.1, 0.15) is 23.6 Å². The van der Waals surface area contributed by atoms with Crippen LogP contribution in [0.4, 0.5) is 4.79 Å². The molecule has 0 aliphatic carbocycles. The number of hydrogen-bond acceptors (Lipinski definition) is 7. The summed E-state index contributed by atoms with van der Waals surface area (Å²) in [7, 11) is 0. The van der Waals surface area contributed by atoms with Crippen molar-refractivity contribution in [1.29, 1.82) is 0 Å². The van der Waals surface area contributed by atoms with E-state index >= 15 is 0 Å². The molecular weight excluding hydrogens is 584 g/mol. The Hall–Kier alpha value is -4.06. The molecule has 0 radical (unpaired) electrons. The third-order valence-corrected chi connectivity index (χ3v) is 4.81. The Bertz CT molecular complexity index is 1160. The van der Waals surface area contributed by atoms with Crippen molar-refractivity contribution < 1.29 is 38.9 Å². The number of nitrogens with two attached hydrogens (primary N) is 1. The number of nitrogens with one attached hydrogen (secondary N) is 1. The number of benzene rings is 3. The molecule has 0 saturated carbocycles. The van der Waals surface area contributed by atoms with E-state index in [0.29, 0.717) is 6.61 Å². The molecule has 3 aromatic rings. The van der Waals surface area contributed by atoms with Gasteiger partial charge in [0.15, 0.2) is 4.69 Å². The SMILES string of the molecule is CC(=O)Br.N[C@@H](COCc1ccccc1)C(=O)O.O=C(N[C@@H](Cc1ccccc1)C(=O)O)OCc1ccccc1. The molecule has 0 spiro atoms. The normalized spacial score (nSPS) is 11.3. The number of alkyl carbamates (subject to hydrolysis) is 1. The molecule has 11 heteroatoms. The number of halogens is 1. The number of ether oxygens (including phenoxy) is 2. The number of carboxylic acid groups (broad SMARTS) is 2. The van der Waals surface area contributed by atoms with Crippen molar-refractivity contribution in [3.05, 3.63) is 108 Å². The van der Waals surface area contributed by atoms with Gasteiger partial charge >= 0.3 is 18.0 Å². The van der Waals surface area contributed by atoms with Crippen molar-refractivity contribution in [2.45, 2.75) is 38.6 Å². The van der Waals surface area contributed by atoms with E-state index in [1.165, 1.54) is 6.92 Å². The summed E-state index contributed by atoms with van der Waals surface area (Å²) in [5.41, 5.74) is 7.93. The lowest BCUT2D eigenvalue weighted by molar-refractivity contribution is -0.140. The fourth-order valence-corrected chi connectivity index (χ4v) is 2.91. The van der Waals surface area contributed by atoms with E-state index in [4.69, 9.17) is 20.3 Å². The minimum atomic E-state index is -1.10. The third kappa shape index (κ3) is 16.7. The molecule has 0 aromatic heterocycles. The average Bonchev–Trinajstić information content (AvgIpc) is 2.93. The largest absolute Gasteiger partial charge is 0.480 e. The highest BCUT2D eigenvalue weighted by Crippen LogP contribution is 2.05. The molecule has 0 aliphatic heterocycles. The monoisotopic (exact) mass is 616 g/mol. The smallest absolute Gasteiger partial charge is 0.408 e. The van der Waals surface area contributed by atoms with Gasteiger partial charge in [-0.05, 0) is 32.6 Å². The first-order chi connectivity index (χ1) is 19.1. The molecule has 0 saturated heterocycles. The maximum atomic E-state index is 11.7. The summed E-state index contributed by atoms with van der Waals surface area (Å²) in [5, 5.41) is 20.0. The Balaban J connectivity index is 0.000000380. The Kier molecular flexibility index (Phi) is 16.9. The summed E-state index contributed by atoms with van der Waals surface area (Å²) < 4.78 is 10.1. The molecular formula is C29H33BrN2O8. The van der Waals surface area contributed by atoms with Gasteiger partial charge in [-0.2, -0.15) is 0 Å². The zero-order valence-corrected chi connectivity index (χ0v) is 23.5. The number of aliphatic carboxylic acids is 2. The highest BCUT2D eigenvalue weighted by atomic mass is 79.9. The van der Waals surface area contributed by atoms with Crippen molar-refractivity contribution in [3.8, 4) is 0 Å². The van der Waals surface area contributed by atoms with Gasteiger partial charge < -0.3 is 30.7 Å². The lowest BCUT2D eigenvalue weighted by Gasteiger charge is -2.14. The molecule has 1 amide bonds. The van der Waals surface area contributed by atoms with Crippen LogP contribution in [0.5, 0.6) is 0 Å². The quantitative estimate of drug-likeness (QED) is 0.231. The minimum absolute atomic E-state index is 0.0208. The van der Waals surface area contributed by atoms with Crippen molar-refractivity contribution >= 4 is 38.7 Å². The number of hydrogen-bond donors (Lipinski definition) is 4. The predicted molar refractivity (Wildman–Crippen MR) is 153 cm³/mol. The Morgan fingerprint density at radius 2 is 1.20 bits per heavy atom. The van der Waals surface area contributed by atoms with Gasteiger partial charge in [-0.15, -0.1) is 0 Å². The molecule has 0 fully saturated rings. The molecule has 10 nitrogen and oxygen atoms in total. The standard InChI is InChI=1S/C17H17NO4.C10H13NO3.C2H3BrO/c19-16(20)15(11-13-7-3-1-4-8-13)18-17(21)22-12-14-9-5-2-6-10-14;11-9(10(12)13)7-14-6-8-4-2-1-3-5-8;1-2(3)4/h1-10,15H,11-12H2,(H,18,21)(H,19,20);1-5,9H,6-7,11H2,(H,12,13);1H3/t15-;9-;/m00./s1. The maximum Gasteiger partial charge on any atom is 0.408 e. The number of rotatable bonds is 11. The van der Waals surface area contributed by atoms with Gasteiger partial charge in [0.25, 0.3) is 0 Å². The summed E-state index contributed by atoms with van der Waals surface area (Å²) in [6.45, 7) is 1.97. The van der Waals surface area contributed by atoms with E-state index in [1.807, 2.05) is 91.0 Å². The molecule has 3 rings (SSSR count). The first-order valence-electron chi connectivity index (χ1n) is 12.1. The van der Waals surface area contributed by atoms with E-state index in [-0.39, 0.29) is 24.3 Å². The van der Waals surface area contributed by atoms with Gasteiger partial charge in [0.2, 0.25) is 0 Å². The van der Waals surface area contributed by atoms with Crippen LogP contribution >= 0.6 is 15.9 Å². The average molecular weight is 617 g/mol. The second-order valence-corrected chi connectivity index (χ2v) is 9.32. The first-order valence-corrected chi connectivity index (χ1v) is 12.9. The molecule has 3 aromatic carbocycles. The summed E-state index contributed by atoms with van der Waals surface area (Å²) >= 11 is 2.63. The number of carboxylic acids is 2. The molecule has 0 aliphatic rings. The molecule has 40 heavy (non-hydrogen) atoms. The lowest BCUT2D eigenvalue weighted by Crippen LogP contribution is -2.42. The topological polar surface area (TPSA) is 165 Å². The highest BCUT2D eigenvalue weighted by Gasteiger charge is 2.21. The highest BCUT2D eigenvalue weighted by molar-refractivity contribution is 9.18. The minimum Gasteiger partial charge on any atom is -0.480 e. The van der Waals surface area contributed by atoms with E-state index in [0.717, 1.165) is 16.7 Å². The van der Waals surface area contributed by atoms with Crippen molar-refractivity contribution in [2.24, 2.45) is 5.73 Å². The Labute approximate surface area is 241 Å². The van der Waals surface area contributed by atoms with Crippen LogP contribution in [0.2, 0.25) is 0 Å². The van der Waals surface area contributed by atoms with Crippen LogP contribution in [-0.4, -0.2) is 51.6 Å². The van der Waals surface area contributed by atoms with Crippen LogP contribution < -0.4 is 11.1 Å². The zero-order chi connectivity index (χ0) is 29.8. The van der Waals surface area contributed by atoms with Gasteiger partial charge in [0.05, 0.1) is 13.2 Å². The van der Waals surface area contributed by atoms with E-state index in [9.17, 15) is 24.3 Å². The van der Waals surface area contributed by atoms with Gasteiger partial charge in [-0.1, -0.05) is 91.0 Å². The fourth-order valence-electron chi connectivity index (χ4n) is 2.91. The molecule has 5 N–H and O–H groups in total. The molecule has 214 valence electrons. The van der Waals surface area contributed by atoms with Crippen LogP contribution in [0, 0.1) is 0 Å². The van der Waals surface area contributed by atoms with Gasteiger partial charge in [-0.25, -0.2) is 9.59 Å². The summed E-state index contributed by atoms with van der Waals surface area (Å²) in [5.74, 6) is -2.14. The van der Waals surface area contributed by atoms with Crippen LogP contribution in [-0.2, 0) is 43.5 Å². The van der Waals surface area contributed by atoms with Crippen LogP contribution in [0.3, 0.4) is 0 Å². The number of carbonyl (C=O) groups excluding carboxylic acids is 2. The van der Waals surface area contributed by atoms with Crippen LogP contribution in [0.15, 0.2) is 91.0 Å². The first kappa shape index (κ1) is 34.0. The predicted octanol–water partition coefficient (Wildman–Crippen LogP) is 4.15. The van der Waals surface area contributed by atoms with Crippen LogP contribution in [0.25, 0.3) is 0 Å². The van der Waals surface area contributed by atoms with Crippen molar-refractivity contribution in [3.63, 3.8) is 0 Å². The van der Waals surface area contributed by atoms with Crippen molar-refractivity contribution in [2.75, 3.05) is 6.61 Å². The molecule has 0 heterocycles. The van der Waals surface area contributed by atoms with E-state index in [1.54, 1.807) is 0 Å².